The zero-order valence-corrected chi connectivity index (χ0v) is 9.51. The standard InChI is InChI=1S/C9H12N2O3S/c1-5-6(10-4-15-5)7(12)11-9(2,3)8(13)14/h4H,1-3H3,(H,11,12)(H,13,14). The van der Waals surface area contributed by atoms with E-state index < -0.39 is 17.4 Å². The quantitative estimate of drug-likeness (QED) is 0.810. The van der Waals surface area contributed by atoms with Crippen molar-refractivity contribution >= 4 is 23.2 Å². The highest BCUT2D eigenvalue weighted by molar-refractivity contribution is 7.09. The molecular weight excluding hydrogens is 216 g/mol. The van der Waals surface area contributed by atoms with Crippen molar-refractivity contribution in [3.63, 3.8) is 0 Å². The maximum atomic E-state index is 11.6. The lowest BCUT2D eigenvalue weighted by Crippen LogP contribution is -2.49. The molecule has 1 aromatic rings. The van der Waals surface area contributed by atoms with Crippen molar-refractivity contribution in [1.29, 1.82) is 0 Å². The van der Waals surface area contributed by atoms with Crippen LogP contribution in [0.4, 0.5) is 0 Å². The van der Waals surface area contributed by atoms with E-state index in [2.05, 4.69) is 10.3 Å². The van der Waals surface area contributed by atoms with Crippen molar-refractivity contribution in [2.45, 2.75) is 26.3 Å². The Morgan fingerprint density at radius 1 is 1.53 bits per heavy atom. The molecule has 1 amide bonds. The molecule has 15 heavy (non-hydrogen) atoms. The number of amides is 1. The summed E-state index contributed by atoms with van der Waals surface area (Å²) in [6.45, 7) is 4.62. The van der Waals surface area contributed by atoms with Crippen LogP contribution in [0.25, 0.3) is 0 Å². The molecule has 0 atom stereocenters. The highest BCUT2D eigenvalue weighted by atomic mass is 32.1. The van der Waals surface area contributed by atoms with Gasteiger partial charge in [-0.15, -0.1) is 11.3 Å². The second-order valence-corrected chi connectivity index (χ2v) is 4.70. The van der Waals surface area contributed by atoms with E-state index in [1.807, 2.05) is 0 Å². The van der Waals surface area contributed by atoms with Gasteiger partial charge in [0.1, 0.15) is 11.2 Å². The molecule has 1 heterocycles. The van der Waals surface area contributed by atoms with Crippen molar-refractivity contribution in [1.82, 2.24) is 10.3 Å². The van der Waals surface area contributed by atoms with Gasteiger partial charge in [-0.3, -0.25) is 4.79 Å². The molecule has 1 aromatic heterocycles. The number of nitrogens with zero attached hydrogens (tertiary/aromatic N) is 1. The second kappa shape index (κ2) is 3.98. The maximum absolute atomic E-state index is 11.6. The molecule has 0 aliphatic carbocycles. The van der Waals surface area contributed by atoms with Gasteiger partial charge < -0.3 is 10.4 Å². The average molecular weight is 228 g/mol. The Hall–Kier alpha value is -1.43. The Labute approximate surface area is 91.1 Å². The van der Waals surface area contributed by atoms with Crippen LogP contribution >= 0.6 is 11.3 Å². The summed E-state index contributed by atoms with van der Waals surface area (Å²) < 4.78 is 0. The predicted octanol–water partition coefficient (Wildman–Crippen LogP) is 1.04. The van der Waals surface area contributed by atoms with Crippen LogP contribution in [0, 0.1) is 6.92 Å². The molecule has 6 heteroatoms. The van der Waals surface area contributed by atoms with Crippen LogP contribution in [0.2, 0.25) is 0 Å². The molecule has 5 nitrogen and oxygen atoms in total. The molecule has 0 saturated carbocycles. The molecule has 0 aliphatic rings. The number of hydrogen-bond acceptors (Lipinski definition) is 4. The summed E-state index contributed by atoms with van der Waals surface area (Å²) in [7, 11) is 0. The van der Waals surface area contributed by atoms with Crippen LogP contribution in [0.1, 0.15) is 29.2 Å². The topological polar surface area (TPSA) is 79.3 Å². The zero-order valence-electron chi connectivity index (χ0n) is 8.70. The van der Waals surface area contributed by atoms with E-state index in [9.17, 15) is 9.59 Å². The third kappa shape index (κ3) is 2.53. The number of aliphatic carboxylic acids is 1. The van der Waals surface area contributed by atoms with Crippen molar-refractivity contribution in [3.05, 3.63) is 16.1 Å². The first-order chi connectivity index (χ1) is 6.84. The fourth-order valence-electron chi connectivity index (χ4n) is 0.920. The van der Waals surface area contributed by atoms with Crippen LogP contribution in [-0.4, -0.2) is 27.5 Å². The van der Waals surface area contributed by atoms with E-state index in [1.54, 1.807) is 12.4 Å². The van der Waals surface area contributed by atoms with E-state index in [0.29, 0.717) is 0 Å². The number of aryl methyl sites for hydroxylation is 1. The van der Waals surface area contributed by atoms with Crippen LogP contribution in [-0.2, 0) is 4.79 Å². The zero-order chi connectivity index (χ0) is 11.6. The van der Waals surface area contributed by atoms with Crippen LogP contribution in [0.15, 0.2) is 5.51 Å². The highest BCUT2D eigenvalue weighted by Crippen LogP contribution is 2.12. The lowest BCUT2D eigenvalue weighted by atomic mass is 10.1. The smallest absolute Gasteiger partial charge is 0.328 e. The van der Waals surface area contributed by atoms with Gasteiger partial charge >= 0.3 is 5.97 Å². The van der Waals surface area contributed by atoms with E-state index in [0.717, 1.165) is 4.88 Å². The Morgan fingerprint density at radius 2 is 2.13 bits per heavy atom. The first-order valence-electron chi connectivity index (χ1n) is 4.30. The van der Waals surface area contributed by atoms with Gasteiger partial charge in [-0.1, -0.05) is 0 Å². The van der Waals surface area contributed by atoms with Crippen molar-refractivity contribution in [2.24, 2.45) is 0 Å². The summed E-state index contributed by atoms with van der Waals surface area (Å²) in [6.07, 6.45) is 0. The second-order valence-electron chi connectivity index (χ2n) is 3.64. The number of carboxylic acids is 1. The largest absolute Gasteiger partial charge is 0.480 e. The highest BCUT2D eigenvalue weighted by Gasteiger charge is 2.30. The monoisotopic (exact) mass is 228 g/mol. The maximum Gasteiger partial charge on any atom is 0.328 e. The minimum Gasteiger partial charge on any atom is -0.480 e. The van der Waals surface area contributed by atoms with Gasteiger partial charge in [0.2, 0.25) is 0 Å². The molecule has 1 rings (SSSR count). The first kappa shape index (κ1) is 11.6. The molecule has 82 valence electrons. The molecule has 0 radical (unpaired) electrons. The minimum atomic E-state index is -1.28. The van der Waals surface area contributed by atoms with E-state index in [-0.39, 0.29) is 5.69 Å². The van der Waals surface area contributed by atoms with Crippen LogP contribution in [0.5, 0.6) is 0 Å². The van der Waals surface area contributed by atoms with Crippen LogP contribution in [0.3, 0.4) is 0 Å². The van der Waals surface area contributed by atoms with Gasteiger partial charge in [0.15, 0.2) is 0 Å². The molecule has 0 saturated heterocycles. The average Bonchev–Trinajstić information content (AvgIpc) is 2.50. The van der Waals surface area contributed by atoms with E-state index in [4.69, 9.17) is 5.11 Å². The van der Waals surface area contributed by atoms with Gasteiger partial charge in [0.05, 0.1) is 5.51 Å². The number of hydrogen-bond donors (Lipinski definition) is 2. The number of aromatic nitrogens is 1. The Morgan fingerprint density at radius 3 is 2.53 bits per heavy atom. The number of carboxylic acid groups (broad SMARTS) is 1. The van der Waals surface area contributed by atoms with Crippen molar-refractivity contribution in [2.75, 3.05) is 0 Å². The molecular formula is C9H12N2O3S. The normalized spacial score (nSPS) is 11.1. The van der Waals surface area contributed by atoms with E-state index >= 15 is 0 Å². The lowest BCUT2D eigenvalue weighted by molar-refractivity contribution is -0.143. The summed E-state index contributed by atoms with van der Waals surface area (Å²) in [6, 6.07) is 0. The fraction of sp³-hybridized carbons (Fsp3) is 0.444. The Kier molecular flexibility index (Phi) is 3.09. The Balaban J connectivity index is 2.81. The molecule has 0 bridgehead atoms. The number of carbonyl (C=O) groups excluding carboxylic acids is 1. The number of nitrogens with one attached hydrogen (secondary N) is 1. The third-order valence-corrected chi connectivity index (χ3v) is 2.68. The van der Waals surface area contributed by atoms with Crippen molar-refractivity contribution < 1.29 is 14.7 Å². The predicted molar refractivity (Wildman–Crippen MR) is 56.0 cm³/mol. The van der Waals surface area contributed by atoms with Crippen molar-refractivity contribution in [3.8, 4) is 0 Å². The molecule has 0 spiro atoms. The summed E-state index contributed by atoms with van der Waals surface area (Å²) in [4.78, 5) is 27.0. The number of carbonyl (C=O) groups is 2. The van der Waals surface area contributed by atoms with Gasteiger partial charge in [0.25, 0.3) is 5.91 Å². The minimum absolute atomic E-state index is 0.286. The van der Waals surface area contributed by atoms with Gasteiger partial charge in [-0.25, -0.2) is 9.78 Å². The van der Waals surface area contributed by atoms with E-state index in [1.165, 1.54) is 25.2 Å². The summed E-state index contributed by atoms with van der Waals surface area (Å²) in [5.74, 6) is -1.54. The van der Waals surface area contributed by atoms with Gasteiger partial charge in [-0.05, 0) is 20.8 Å². The Bertz CT molecular complexity index is 398. The molecule has 0 unspecified atom stereocenters. The number of thiazole rings is 1. The fourth-order valence-corrected chi connectivity index (χ4v) is 1.49. The first-order valence-corrected chi connectivity index (χ1v) is 5.18. The number of rotatable bonds is 3. The van der Waals surface area contributed by atoms with Crippen LogP contribution < -0.4 is 5.32 Å². The third-order valence-electron chi connectivity index (χ3n) is 1.92. The molecule has 2 N–H and O–H groups in total. The molecule has 0 aromatic carbocycles. The lowest BCUT2D eigenvalue weighted by Gasteiger charge is -2.20. The molecule has 0 aliphatic heterocycles. The summed E-state index contributed by atoms with van der Waals surface area (Å²) in [5, 5.41) is 11.2. The molecule has 0 fully saturated rings. The van der Waals surface area contributed by atoms with Gasteiger partial charge in [0, 0.05) is 4.88 Å². The summed E-state index contributed by atoms with van der Waals surface area (Å²) >= 11 is 1.35. The van der Waals surface area contributed by atoms with Gasteiger partial charge in [-0.2, -0.15) is 0 Å². The SMILES string of the molecule is Cc1scnc1C(=O)NC(C)(C)C(=O)O. The summed E-state index contributed by atoms with van der Waals surface area (Å²) in [5.41, 5.74) is 0.555.